The van der Waals surface area contributed by atoms with Crippen LogP contribution in [-0.2, 0) is 20.9 Å². The van der Waals surface area contributed by atoms with Gasteiger partial charge >= 0.3 is 0 Å². The molecule has 3 aliphatic heterocycles. The first-order valence-electron chi connectivity index (χ1n) is 10.5. The summed E-state index contributed by atoms with van der Waals surface area (Å²) in [7, 11) is 1.65. The molecule has 0 spiro atoms. The molecular weight excluding hydrogens is 430 g/mol. The minimum absolute atomic E-state index is 0.156. The minimum atomic E-state index is -1.43. The van der Waals surface area contributed by atoms with E-state index in [-0.39, 0.29) is 30.8 Å². The van der Waals surface area contributed by atoms with Crippen LogP contribution in [0.4, 0.5) is 0 Å². The van der Waals surface area contributed by atoms with Crippen LogP contribution < -0.4 is 0 Å². The van der Waals surface area contributed by atoms with E-state index in [0.717, 1.165) is 5.56 Å². The second kappa shape index (κ2) is 7.17. The van der Waals surface area contributed by atoms with Crippen molar-refractivity contribution in [1.29, 1.82) is 0 Å². The third-order valence-electron chi connectivity index (χ3n) is 7.03. The summed E-state index contributed by atoms with van der Waals surface area (Å²) in [5.41, 5.74) is -0.233. The highest BCUT2D eigenvalue weighted by atomic mass is 35.5. The molecule has 0 aromatic heterocycles. The molecule has 3 fully saturated rings. The van der Waals surface area contributed by atoms with Crippen LogP contribution in [0.15, 0.2) is 54.6 Å². The molecule has 7 nitrogen and oxygen atoms in total. The number of halogens is 1. The van der Waals surface area contributed by atoms with Gasteiger partial charge in [-0.2, -0.15) is 0 Å². The molecule has 3 unspecified atom stereocenters. The highest BCUT2D eigenvalue weighted by Gasteiger charge is 2.73. The van der Waals surface area contributed by atoms with Crippen LogP contribution in [0.5, 0.6) is 0 Å². The third-order valence-corrected chi connectivity index (χ3v) is 7.28. The van der Waals surface area contributed by atoms with Crippen molar-refractivity contribution in [3.63, 3.8) is 0 Å². The van der Waals surface area contributed by atoms with E-state index in [0.29, 0.717) is 10.6 Å². The molecular formula is C24H22ClN3O4. The Labute approximate surface area is 190 Å². The van der Waals surface area contributed by atoms with E-state index >= 15 is 0 Å². The smallest absolute Gasteiger partial charge is 0.255 e. The van der Waals surface area contributed by atoms with Gasteiger partial charge in [-0.3, -0.25) is 24.1 Å². The lowest BCUT2D eigenvalue weighted by atomic mass is 9.81. The molecule has 0 N–H and O–H groups in total. The van der Waals surface area contributed by atoms with E-state index in [1.54, 1.807) is 38.2 Å². The molecule has 0 saturated carbocycles. The fourth-order valence-corrected chi connectivity index (χ4v) is 5.71. The fourth-order valence-electron chi connectivity index (χ4n) is 5.58. The van der Waals surface area contributed by atoms with Crippen molar-refractivity contribution in [3.05, 3.63) is 70.7 Å². The van der Waals surface area contributed by atoms with Crippen LogP contribution in [0.3, 0.4) is 0 Å². The maximum absolute atomic E-state index is 13.5. The van der Waals surface area contributed by atoms with E-state index < -0.39 is 29.3 Å². The predicted octanol–water partition coefficient (Wildman–Crippen LogP) is 2.20. The van der Waals surface area contributed by atoms with Crippen molar-refractivity contribution in [2.24, 2.45) is 11.8 Å². The molecule has 4 atom stereocenters. The number of nitrogens with zero attached hydrogens (tertiary/aromatic N) is 3. The zero-order chi connectivity index (χ0) is 22.8. The summed E-state index contributed by atoms with van der Waals surface area (Å²) >= 11 is 5.96. The van der Waals surface area contributed by atoms with Gasteiger partial charge < -0.3 is 9.80 Å². The van der Waals surface area contributed by atoms with Crippen molar-refractivity contribution in [2.45, 2.75) is 25.0 Å². The lowest BCUT2D eigenvalue weighted by molar-refractivity contribution is -0.154. The summed E-state index contributed by atoms with van der Waals surface area (Å²) < 4.78 is 0. The van der Waals surface area contributed by atoms with E-state index in [9.17, 15) is 19.2 Å². The third kappa shape index (κ3) is 2.73. The van der Waals surface area contributed by atoms with E-state index in [1.165, 1.54) is 14.7 Å². The number of amides is 4. The quantitative estimate of drug-likeness (QED) is 0.670. The number of piperazine rings is 1. The number of fused-ring (bicyclic) bond motifs is 5. The predicted molar refractivity (Wildman–Crippen MR) is 116 cm³/mol. The second-order valence-corrected chi connectivity index (χ2v) is 9.27. The molecule has 164 valence electrons. The Hall–Kier alpha value is -3.19. The largest absolute Gasteiger partial charge is 0.342 e. The monoisotopic (exact) mass is 451 g/mol. The summed E-state index contributed by atoms with van der Waals surface area (Å²) in [5, 5.41) is 0.490. The van der Waals surface area contributed by atoms with Gasteiger partial charge in [0.2, 0.25) is 17.7 Å². The van der Waals surface area contributed by atoms with Crippen molar-refractivity contribution in [1.82, 2.24) is 14.7 Å². The van der Waals surface area contributed by atoms with Crippen molar-refractivity contribution < 1.29 is 19.2 Å². The van der Waals surface area contributed by atoms with Crippen LogP contribution in [0, 0.1) is 11.8 Å². The summed E-state index contributed by atoms with van der Waals surface area (Å²) in [4.78, 5) is 58.2. The maximum atomic E-state index is 13.5. The van der Waals surface area contributed by atoms with Gasteiger partial charge in [-0.1, -0.05) is 41.9 Å². The Morgan fingerprint density at radius 1 is 1.03 bits per heavy atom. The summed E-state index contributed by atoms with van der Waals surface area (Å²) in [6.45, 7) is 1.98. The second-order valence-electron chi connectivity index (χ2n) is 8.83. The molecule has 3 aliphatic rings. The molecule has 2 aromatic carbocycles. The highest BCUT2D eigenvalue weighted by Crippen LogP contribution is 2.52. The molecule has 2 bridgehead atoms. The molecule has 8 heteroatoms. The molecule has 4 amide bonds. The van der Waals surface area contributed by atoms with Gasteiger partial charge in [0, 0.05) is 24.2 Å². The van der Waals surface area contributed by atoms with Crippen LogP contribution in [-0.4, -0.2) is 63.5 Å². The summed E-state index contributed by atoms with van der Waals surface area (Å²) in [6.07, 6.45) is 0. The van der Waals surface area contributed by atoms with Crippen LogP contribution >= 0.6 is 11.6 Å². The van der Waals surface area contributed by atoms with E-state index in [2.05, 4.69) is 0 Å². The number of rotatable bonds is 3. The summed E-state index contributed by atoms with van der Waals surface area (Å²) in [5.74, 6) is -3.08. The zero-order valence-corrected chi connectivity index (χ0v) is 18.5. The van der Waals surface area contributed by atoms with E-state index in [1.807, 2.05) is 30.3 Å². The van der Waals surface area contributed by atoms with Crippen molar-refractivity contribution >= 4 is 35.2 Å². The minimum Gasteiger partial charge on any atom is -0.342 e. The number of carbonyl (C=O) groups excluding carboxylic acids is 4. The fraction of sp³-hybridized carbons (Fsp3) is 0.333. The van der Waals surface area contributed by atoms with Crippen molar-refractivity contribution in [3.8, 4) is 0 Å². The number of likely N-dealkylation sites (tertiary alicyclic amines) is 2. The molecule has 0 aliphatic carbocycles. The van der Waals surface area contributed by atoms with Gasteiger partial charge in [0.05, 0.1) is 24.4 Å². The van der Waals surface area contributed by atoms with Crippen LogP contribution in [0.1, 0.15) is 22.8 Å². The normalized spacial score (nSPS) is 29.0. The molecule has 2 aromatic rings. The highest BCUT2D eigenvalue weighted by molar-refractivity contribution is 6.30. The van der Waals surface area contributed by atoms with E-state index in [4.69, 9.17) is 11.6 Å². The number of benzene rings is 2. The zero-order valence-electron chi connectivity index (χ0n) is 17.7. The molecule has 5 rings (SSSR count). The first kappa shape index (κ1) is 20.7. The van der Waals surface area contributed by atoms with Crippen LogP contribution in [0.2, 0.25) is 5.02 Å². The average Bonchev–Trinajstić information content (AvgIpc) is 3.16. The average molecular weight is 452 g/mol. The lowest BCUT2D eigenvalue weighted by Gasteiger charge is -2.47. The number of hydrogen-bond donors (Lipinski definition) is 0. The Kier molecular flexibility index (Phi) is 4.64. The Morgan fingerprint density at radius 2 is 1.69 bits per heavy atom. The molecule has 0 radical (unpaired) electrons. The maximum Gasteiger partial charge on any atom is 0.255 e. The SMILES string of the molecule is CN1CC2C3C(=O)N(Cc4ccccc4)C(=O)C3[C@](C)(C1=O)N2C(=O)c1ccc(Cl)cc1. The topological polar surface area (TPSA) is 78.0 Å². The number of hydrogen-bond acceptors (Lipinski definition) is 4. The molecule has 3 saturated heterocycles. The van der Waals surface area contributed by atoms with Crippen molar-refractivity contribution in [2.75, 3.05) is 13.6 Å². The standard InChI is InChI=1S/C24H22ClN3O4/c1-24-19-18(21(30)27(22(19)31)12-14-6-4-3-5-7-14)17(13-26(2)23(24)32)28(24)20(29)15-8-10-16(25)11-9-15/h3-11,17-19H,12-13H2,1-2H3/t17?,18?,19?,24-/m1/s1. The first-order chi connectivity index (χ1) is 15.2. The molecule has 32 heavy (non-hydrogen) atoms. The van der Waals surface area contributed by atoms with Gasteiger partial charge in [0.1, 0.15) is 5.54 Å². The Morgan fingerprint density at radius 3 is 2.34 bits per heavy atom. The van der Waals surface area contributed by atoms with Gasteiger partial charge in [0.25, 0.3) is 5.91 Å². The van der Waals surface area contributed by atoms with Gasteiger partial charge in [0.15, 0.2) is 0 Å². The number of imide groups is 1. The van der Waals surface area contributed by atoms with Gasteiger partial charge in [-0.05, 0) is 36.8 Å². The van der Waals surface area contributed by atoms with Gasteiger partial charge in [-0.25, -0.2) is 0 Å². The number of likely N-dealkylation sites (N-methyl/N-ethyl adjacent to an activating group) is 1. The van der Waals surface area contributed by atoms with Crippen LogP contribution in [0.25, 0.3) is 0 Å². The number of carbonyl (C=O) groups is 4. The summed E-state index contributed by atoms with van der Waals surface area (Å²) in [6, 6.07) is 15.1. The first-order valence-corrected chi connectivity index (χ1v) is 10.9. The molecule has 3 heterocycles. The Bertz CT molecular complexity index is 1140. The van der Waals surface area contributed by atoms with Gasteiger partial charge in [-0.15, -0.1) is 0 Å². The Balaban J connectivity index is 1.55. The lowest BCUT2D eigenvalue weighted by Crippen LogP contribution is -2.67.